The van der Waals surface area contributed by atoms with Crippen molar-refractivity contribution in [3.05, 3.63) is 219 Å². The monoisotopic (exact) mass is 1210 g/mol. The Bertz CT molecular complexity index is 4880. The smallest absolute Gasteiger partial charge is 0.0128 e. The molecule has 0 amide bonds. The second-order valence-electron chi connectivity index (χ2n) is 36.8. The summed E-state index contributed by atoms with van der Waals surface area (Å²) in [7, 11) is 0. The Morgan fingerprint density at radius 3 is 1.17 bits per heavy atom. The molecule has 2 unspecified atom stereocenters. The molecule has 0 heteroatoms. The predicted octanol–water partition coefficient (Wildman–Crippen LogP) is 27.1. The number of hydrogen-bond donors (Lipinski definition) is 0. The van der Waals surface area contributed by atoms with Crippen molar-refractivity contribution < 1.29 is 0 Å². The zero-order valence-corrected chi connectivity index (χ0v) is 60.6. The van der Waals surface area contributed by atoms with Crippen LogP contribution in [0.5, 0.6) is 0 Å². The van der Waals surface area contributed by atoms with Gasteiger partial charge in [0, 0.05) is 11.8 Å². The summed E-state index contributed by atoms with van der Waals surface area (Å²) in [6.07, 6.45) is 17.4. The van der Waals surface area contributed by atoms with Crippen LogP contribution < -0.4 is 0 Å². The van der Waals surface area contributed by atoms with E-state index in [0.717, 1.165) is 12.8 Å². The van der Waals surface area contributed by atoms with E-state index >= 15 is 0 Å². The Kier molecular flexibility index (Phi) is 14.6. The lowest BCUT2D eigenvalue weighted by Crippen LogP contribution is -2.23. The number of rotatable bonds is 4. The van der Waals surface area contributed by atoms with Gasteiger partial charge in [-0.1, -0.05) is 275 Å². The minimum atomic E-state index is -0.0716. The summed E-state index contributed by atoms with van der Waals surface area (Å²) in [5.74, 6) is 0.299. The van der Waals surface area contributed by atoms with E-state index in [2.05, 4.69) is 324 Å². The maximum absolute atomic E-state index is 2.67. The molecule has 0 radical (unpaired) electrons. The standard InChI is InChI=1S/C92H104/c1-85(2,3)63-29-25-53-37-67(89(13,14)15)49-75(71(53)45-63)57-33-61-34-58(76-50-68(90(16,17)18)38-54-26-30-64(46-72(54)76)86(4,5)6)43-81-82-44-60(78-52-70(92(22,23)24)40-56-28-32-66(48-74(56)78)88(10,11)12)36-62-35-59(42-80(84(62)82)79(41-57)83(61)81)77-51-69(91(19,20)21)39-55-27-31-65(47-73(55)77)87(7,8)9/h25-27,29-31,33-52,72,76H,28,32H2,1-24H3. The quantitative estimate of drug-likeness (QED) is 0.122. The van der Waals surface area contributed by atoms with Crippen molar-refractivity contribution in [3.8, 4) is 33.4 Å². The summed E-state index contributed by atoms with van der Waals surface area (Å²) in [4.78, 5) is 0. The van der Waals surface area contributed by atoms with E-state index in [-0.39, 0.29) is 55.2 Å². The number of fused-ring (bicyclic) bond motifs is 6. The van der Waals surface area contributed by atoms with Crippen molar-refractivity contribution >= 4 is 70.7 Å². The summed E-state index contributed by atoms with van der Waals surface area (Å²) >= 11 is 0. The third-order valence-corrected chi connectivity index (χ3v) is 21.5. The lowest BCUT2D eigenvalue weighted by Gasteiger charge is -2.37. The highest BCUT2D eigenvalue weighted by molar-refractivity contribution is 6.35. The normalized spacial score (nSPS) is 17.3. The van der Waals surface area contributed by atoms with Gasteiger partial charge in [0.05, 0.1) is 0 Å². The molecule has 472 valence electrons. The maximum atomic E-state index is 2.67. The van der Waals surface area contributed by atoms with Crippen molar-refractivity contribution in [2.45, 2.75) is 212 Å². The highest BCUT2D eigenvalue weighted by atomic mass is 14.4. The van der Waals surface area contributed by atoms with Gasteiger partial charge in [-0.15, -0.1) is 0 Å². The molecule has 3 aliphatic rings. The van der Waals surface area contributed by atoms with Crippen LogP contribution in [0, 0.1) is 22.2 Å². The second kappa shape index (κ2) is 21.1. The summed E-state index contributed by atoms with van der Waals surface area (Å²) in [6.45, 7) is 57.1. The largest absolute Gasteiger partial charge is 0.0723 e. The zero-order valence-electron chi connectivity index (χ0n) is 60.6. The van der Waals surface area contributed by atoms with Crippen LogP contribution in [0.1, 0.15) is 223 Å². The van der Waals surface area contributed by atoms with Crippen molar-refractivity contribution in [2.24, 2.45) is 22.2 Å². The number of benzene rings is 10. The van der Waals surface area contributed by atoms with Gasteiger partial charge in [-0.25, -0.2) is 0 Å². The van der Waals surface area contributed by atoms with Gasteiger partial charge in [-0.05, 0) is 270 Å². The van der Waals surface area contributed by atoms with E-state index in [1.54, 1.807) is 0 Å². The first-order chi connectivity index (χ1) is 42.6. The first kappa shape index (κ1) is 63.5. The van der Waals surface area contributed by atoms with Gasteiger partial charge in [0.2, 0.25) is 0 Å². The van der Waals surface area contributed by atoms with Crippen LogP contribution >= 0.6 is 0 Å². The maximum Gasteiger partial charge on any atom is 0.0128 e. The molecule has 13 rings (SSSR count). The first-order valence-electron chi connectivity index (χ1n) is 34.7. The van der Waals surface area contributed by atoms with Gasteiger partial charge in [0.15, 0.2) is 0 Å². The molecule has 10 aromatic rings. The molecule has 0 spiro atoms. The van der Waals surface area contributed by atoms with E-state index < -0.39 is 0 Å². The van der Waals surface area contributed by atoms with Gasteiger partial charge in [-0.2, -0.15) is 0 Å². The molecule has 0 saturated carbocycles. The van der Waals surface area contributed by atoms with Crippen LogP contribution in [0.3, 0.4) is 0 Å². The van der Waals surface area contributed by atoms with Gasteiger partial charge in [0.1, 0.15) is 0 Å². The Labute approximate surface area is 553 Å². The number of allylic oxidation sites excluding steroid dienone is 9. The van der Waals surface area contributed by atoms with Crippen molar-refractivity contribution in [1.29, 1.82) is 0 Å². The first-order valence-corrected chi connectivity index (χ1v) is 34.7. The van der Waals surface area contributed by atoms with Crippen molar-refractivity contribution in [2.75, 3.05) is 0 Å². The lowest BCUT2D eigenvalue weighted by atomic mass is 9.67. The Hall–Kier alpha value is -7.28. The van der Waals surface area contributed by atoms with Crippen molar-refractivity contribution in [1.82, 2.24) is 0 Å². The molecule has 0 nitrogen and oxygen atoms in total. The van der Waals surface area contributed by atoms with Crippen LogP contribution in [-0.2, 0) is 33.5 Å². The molecule has 0 saturated heterocycles. The van der Waals surface area contributed by atoms with E-state index in [1.807, 2.05) is 0 Å². The minimum Gasteiger partial charge on any atom is -0.0723 e. The fraction of sp³-hybridized carbons (Fsp3) is 0.391. The molecule has 0 N–H and O–H groups in total. The molecule has 3 aliphatic carbocycles. The van der Waals surface area contributed by atoms with Crippen LogP contribution in [-0.4, -0.2) is 0 Å². The van der Waals surface area contributed by atoms with Crippen LogP contribution in [0.15, 0.2) is 174 Å². The average Bonchev–Trinajstić information content (AvgIpc) is 0.703. The minimum absolute atomic E-state index is 0.00710. The summed E-state index contributed by atoms with van der Waals surface area (Å²) in [5.41, 5.74) is 24.3. The molecule has 0 heterocycles. The lowest BCUT2D eigenvalue weighted by molar-refractivity contribution is 0.484. The number of aryl methyl sites for hydroxylation is 1. The average molecular weight is 1210 g/mol. The van der Waals surface area contributed by atoms with E-state index in [4.69, 9.17) is 0 Å². The van der Waals surface area contributed by atoms with E-state index in [0.29, 0.717) is 0 Å². The highest BCUT2D eigenvalue weighted by Gasteiger charge is 2.35. The molecule has 0 aliphatic heterocycles. The molecular weight excluding hydrogens is 1110 g/mol. The van der Waals surface area contributed by atoms with E-state index in [1.165, 1.54) is 165 Å². The van der Waals surface area contributed by atoms with Gasteiger partial charge >= 0.3 is 0 Å². The molecule has 92 heavy (non-hydrogen) atoms. The third-order valence-electron chi connectivity index (χ3n) is 21.5. The molecule has 10 aromatic carbocycles. The predicted molar refractivity (Wildman–Crippen MR) is 407 cm³/mol. The fourth-order valence-corrected chi connectivity index (χ4v) is 15.3. The topological polar surface area (TPSA) is 0 Å². The summed E-state index contributed by atoms with van der Waals surface area (Å²) in [5, 5.41) is 15.8. The summed E-state index contributed by atoms with van der Waals surface area (Å²) < 4.78 is 0. The molecule has 0 bridgehead atoms. The van der Waals surface area contributed by atoms with Crippen LogP contribution in [0.4, 0.5) is 0 Å². The summed E-state index contributed by atoms with van der Waals surface area (Å²) in [6, 6.07) is 50.7. The Balaban J connectivity index is 1.24. The zero-order chi connectivity index (χ0) is 66.3. The van der Waals surface area contributed by atoms with Crippen molar-refractivity contribution in [3.63, 3.8) is 0 Å². The Morgan fingerprint density at radius 1 is 0.293 bits per heavy atom. The van der Waals surface area contributed by atoms with Crippen LogP contribution in [0.2, 0.25) is 0 Å². The van der Waals surface area contributed by atoms with E-state index in [9.17, 15) is 0 Å². The molecular formula is C92H104. The highest BCUT2D eigenvalue weighted by Crippen LogP contribution is 2.53. The van der Waals surface area contributed by atoms with Gasteiger partial charge < -0.3 is 0 Å². The molecule has 0 aromatic heterocycles. The third kappa shape index (κ3) is 11.3. The number of hydrogen-bond acceptors (Lipinski definition) is 0. The van der Waals surface area contributed by atoms with Gasteiger partial charge in [0.25, 0.3) is 0 Å². The second-order valence-corrected chi connectivity index (χ2v) is 36.8. The molecule has 2 atom stereocenters. The van der Waals surface area contributed by atoms with Crippen LogP contribution in [0.25, 0.3) is 104 Å². The Morgan fingerprint density at radius 2 is 0.717 bits per heavy atom. The SMILES string of the molecule is CC(C)(C)C1=CC2C(=CC(C(C)(C)C)=CC2c2cc3cc(-c4cc(C(C)(C)C)cc5ccc(C(C)(C)C)cc45)cc4c5cc(-c6cc(C(C)(C)C)cc7ccc(C(C)(C)C)cc67)cc6cc(-c7cc(C(C)(C)C)cc8c7C=C(C(C)(C)C)CC8)cc(c(c2)c34)c65)C=C1. The fourth-order valence-electron chi connectivity index (χ4n) is 15.3. The molecule has 0 fully saturated rings. The van der Waals surface area contributed by atoms with Gasteiger partial charge in [-0.3, -0.25) is 0 Å².